The number of nitrogen functional groups attached to an aromatic ring is 1. The van der Waals surface area contributed by atoms with Gasteiger partial charge in [0.1, 0.15) is 5.75 Å². The fourth-order valence-corrected chi connectivity index (χ4v) is 1.58. The molecule has 0 aromatic heterocycles. The second kappa shape index (κ2) is 7.24. The summed E-state index contributed by atoms with van der Waals surface area (Å²) in [6.45, 7) is 0.762. The maximum atomic E-state index is 11.8. The molecule has 0 heterocycles. The van der Waals surface area contributed by atoms with Gasteiger partial charge in [-0.2, -0.15) is 5.26 Å². The van der Waals surface area contributed by atoms with Crippen molar-refractivity contribution in [1.82, 2.24) is 4.90 Å². The van der Waals surface area contributed by atoms with Crippen molar-refractivity contribution in [3.63, 3.8) is 0 Å². The number of hydrogen-bond acceptors (Lipinski definition) is 5. The third kappa shape index (κ3) is 4.85. The SMILES string of the molecule is COc1ccc(N)cc1NC(=O)CN(C)CCC#N. The minimum absolute atomic E-state index is 0.177. The monoisotopic (exact) mass is 262 g/mol. The average molecular weight is 262 g/mol. The first kappa shape index (κ1) is 14.8. The zero-order valence-electron chi connectivity index (χ0n) is 11.1. The zero-order chi connectivity index (χ0) is 14.3. The summed E-state index contributed by atoms with van der Waals surface area (Å²) in [4.78, 5) is 13.6. The normalized spacial score (nSPS) is 10.0. The van der Waals surface area contributed by atoms with Gasteiger partial charge in [0.25, 0.3) is 0 Å². The van der Waals surface area contributed by atoms with Gasteiger partial charge in [-0.3, -0.25) is 9.69 Å². The molecule has 0 bridgehead atoms. The third-order valence-electron chi connectivity index (χ3n) is 2.52. The highest BCUT2D eigenvalue weighted by molar-refractivity contribution is 5.94. The molecule has 1 rings (SSSR count). The number of ether oxygens (including phenoxy) is 1. The van der Waals surface area contributed by atoms with Crippen molar-refractivity contribution >= 4 is 17.3 Å². The van der Waals surface area contributed by atoms with E-state index in [1.807, 2.05) is 6.07 Å². The lowest BCUT2D eigenvalue weighted by Gasteiger charge is -2.15. The molecule has 0 saturated heterocycles. The molecular formula is C13H18N4O2. The van der Waals surface area contributed by atoms with Crippen LogP contribution in [0.2, 0.25) is 0 Å². The maximum Gasteiger partial charge on any atom is 0.238 e. The molecule has 0 radical (unpaired) electrons. The van der Waals surface area contributed by atoms with E-state index in [1.165, 1.54) is 7.11 Å². The van der Waals surface area contributed by atoms with E-state index in [0.717, 1.165) is 0 Å². The molecule has 6 heteroatoms. The van der Waals surface area contributed by atoms with E-state index in [2.05, 4.69) is 5.32 Å². The summed E-state index contributed by atoms with van der Waals surface area (Å²) in [5.74, 6) is 0.381. The van der Waals surface area contributed by atoms with Crippen LogP contribution in [0.3, 0.4) is 0 Å². The maximum absolute atomic E-state index is 11.8. The van der Waals surface area contributed by atoms with Gasteiger partial charge in [-0.25, -0.2) is 0 Å². The Balaban J connectivity index is 2.62. The number of anilines is 2. The van der Waals surface area contributed by atoms with Crippen LogP contribution in [0.5, 0.6) is 5.75 Å². The second-order valence-electron chi connectivity index (χ2n) is 4.15. The second-order valence-corrected chi connectivity index (χ2v) is 4.15. The van der Waals surface area contributed by atoms with Crippen LogP contribution >= 0.6 is 0 Å². The molecule has 102 valence electrons. The molecule has 1 amide bonds. The number of hydrogen-bond donors (Lipinski definition) is 2. The van der Waals surface area contributed by atoms with Gasteiger partial charge in [0, 0.05) is 18.7 Å². The number of nitriles is 1. The Morgan fingerprint density at radius 2 is 2.32 bits per heavy atom. The van der Waals surface area contributed by atoms with Gasteiger partial charge in [-0.15, -0.1) is 0 Å². The number of nitrogens with one attached hydrogen (secondary N) is 1. The molecule has 1 aromatic rings. The summed E-state index contributed by atoms with van der Waals surface area (Å²) in [5, 5.41) is 11.2. The van der Waals surface area contributed by atoms with Gasteiger partial charge < -0.3 is 15.8 Å². The van der Waals surface area contributed by atoms with Crippen LogP contribution in [0.1, 0.15) is 6.42 Å². The molecule has 0 aliphatic carbocycles. The van der Waals surface area contributed by atoms with Gasteiger partial charge in [0.05, 0.1) is 25.4 Å². The number of nitrogens with two attached hydrogens (primary N) is 1. The Hall–Kier alpha value is -2.26. The van der Waals surface area contributed by atoms with Crippen molar-refractivity contribution in [2.24, 2.45) is 0 Å². The van der Waals surface area contributed by atoms with E-state index in [4.69, 9.17) is 15.7 Å². The van der Waals surface area contributed by atoms with Crippen molar-refractivity contribution < 1.29 is 9.53 Å². The Morgan fingerprint density at radius 3 is 2.95 bits per heavy atom. The fraction of sp³-hybridized carbons (Fsp3) is 0.385. The molecule has 6 nitrogen and oxygen atoms in total. The number of rotatable bonds is 6. The van der Waals surface area contributed by atoms with Gasteiger partial charge in [0.2, 0.25) is 5.91 Å². The predicted molar refractivity (Wildman–Crippen MR) is 73.8 cm³/mol. The topological polar surface area (TPSA) is 91.4 Å². The molecule has 0 spiro atoms. The highest BCUT2D eigenvalue weighted by atomic mass is 16.5. The summed E-state index contributed by atoms with van der Waals surface area (Å²) in [5.41, 5.74) is 6.76. The molecule has 19 heavy (non-hydrogen) atoms. The minimum atomic E-state index is -0.177. The minimum Gasteiger partial charge on any atom is -0.495 e. The zero-order valence-corrected chi connectivity index (χ0v) is 11.1. The number of amides is 1. The highest BCUT2D eigenvalue weighted by Crippen LogP contribution is 2.26. The summed E-state index contributed by atoms with van der Waals surface area (Å²) in [6.07, 6.45) is 0.394. The van der Waals surface area contributed by atoms with E-state index < -0.39 is 0 Å². The largest absolute Gasteiger partial charge is 0.495 e. The van der Waals surface area contributed by atoms with Crippen LogP contribution in [0.15, 0.2) is 18.2 Å². The lowest BCUT2D eigenvalue weighted by Crippen LogP contribution is -2.30. The van der Waals surface area contributed by atoms with Crippen LogP contribution in [0, 0.1) is 11.3 Å². The van der Waals surface area contributed by atoms with Gasteiger partial charge in [0.15, 0.2) is 0 Å². The number of nitrogens with zero attached hydrogens (tertiary/aromatic N) is 2. The Bertz CT molecular complexity index is 482. The average Bonchev–Trinajstić information content (AvgIpc) is 2.36. The van der Waals surface area contributed by atoms with E-state index in [-0.39, 0.29) is 12.5 Å². The Morgan fingerprint density at radius 1 is 1.58 bits per heavy atom. The van der Waals surface area contributed by atoms with Crippen molar-refractivity contribution in [3.8, 4) is 11.8 Å². The van der Waals surface area contributed by atoms with Crippen LogP contribution in [-0.4, -0.2) is 38.1 Å². The summed E-state index contributed by atoms with van der Waals surface area (Å²) in [7, 11) is 3.31. The number of carbonyl (C=O) groups is 1. The third-order valence-corrected chi connectivity index (χ3v) is 2.52. The Labute approximate surface area is 112 Å². The molecule has 1 aromatic carbocycles. The van der Waals surface area contributed by atoms with Gasteiger partial charge in [-0.1, -0.05) is 0 Å². The molecule has 3 N–H and O–H groups in total. The number of likely N-dealkylation sites (N-methyl/N-ethyl adjacent to an activating group) is 1. The van der Waals surface area contributed by atoms with E-state index in [0.29, 0.717) is 30.1 Å². The van der Waals surface area contributed by atoms with Crippen molar-refractivity contribution in [3.05, 3.63) is 18.2 Å². The summed E-state index contributed by atoms with van der Waals surface area (Å²) >= 11 is 0. The predicted octanol–water partition coefficient (Wildman–Crippen LogP) is 1.06. The van der Waals surface area contributed by atoms with Crippen molar-refractivity contribution in [1.29, 1.82) is 5.26 Å². The van der Waals surface area contributed by atoms with Crippen LogP contribution in [0.4, 0.5) is 11.4 Å². The fourth-order valence-electron chi connectivity index (χ4n) is 1.58. The van der Waals surface area contributed by atoms with Crippen LogP contribution < -0.4 is 15.8 Å². The molecule has 0 aliphatic heterocycles. The van der Waals surface area contributed by atoms with Crippen LogP contribution in [-0.2, 0) is 4.79 Å². The lowest BCUT2D eigenvalue weighted by atomic mass is 10.2. The summed E-state index contributed by atoms with van der Waals surface area (Å²) in [6, 6.07) is 7.08. The summed E-state index contributed by atoms with van der Waals surface area (Å²) < 4.78 is 5.14. The molecule has 0 fully saturated rings. The molecule has 0 saturated carbocycles. The first-order chi connectivity index (χ1) is 9.06. The molecule has 0 aliphatic rings. The van der Waals surface area contributed by atoms with Crippen molar-refractivity contribution in [2.45, 2.75) is 6.42 Å². The molecule has 0 atom stereocenters. The van der Waals surface area contributed by atoms with Crippen molar-refractivity contribution in [2.75, 3.05) is 38.3 Å². The first-order valence-corrected chi connectivity index (χ1v) is 5.85. The molecular weight excluding hydrogens is 244 g/mol. The van der Waals surface area contributed by atoms with Gasteiger partial charge in [-0.05, 0) is 25.2 Å². The highest BCUT2D eigenvalue weighted by Gasteiger charge is 2.10. The first-order valence-electron chi connectivity index (χ1n) is 5.85. The molecule has 0 unspecified atom stereocenters. The number of methoxy groups -OCH3 is 1. The van der Waals surface area contributed by atoms with Crippen LogP contribution in [0.25, 0.3) is 0 Å². The number of carbonyl (C=O) groups excluding carboxylic acids is 1. The standard InChI is InChI=1S/C13H18N4O2/c1-17(7-3-6-14)9-13(18)16-11-8-10(15)4-5-12(11)19-2/h4-5,8H,3,7,9,15H2,1-2H3,(H,16,18). The van der Waals surface area contributed by atoms with Gasteiger partial charge >= 0.3 is 0 Å². The Kier molecular flexibility index (Phi) is 5.64. The van der Waals surface area contributed by atoms with E-state index in [1.54, 1.807) is 30.1 Å². The number of benzene rings is 1. The lowest BCUT2D eigenvalue weighted by molar-refractivity contribution is -0.117. The van der Waals surface area contributed by atoms with E-state index >= 15 is 0 Å². The van der Waals surface area contributed by atoms with E-state index in [9.17, 15) is 4.79 Å². The quantitative estimate of drug-likeness (QED) is 0.748. The smallest absolute Gasteiger partial charge is 0.238 e.